The van der Waals surface area contributed by atoms with E-state index in [-0.39, 0.29) is 53.3 Å². The van der Waals surface area contributed by atoms with Gasteiger partial charge in [-0.3, -0.25) is 9.05 Å². The van der Waals surface area contributed by atoms with Crippen LogP contribution in [-0.2, 0) is 33.7 Å². The molecule has 2 saturated carbocycles. The molecule has 0 amide bonds. The zero-order valence-corrected chi connectivity index (χ0v) is 29.1. The summed E-state index contributed by atoms with van der Waals surface area (Å²) in [6.07, 6.45) is -22.7. The Bertz CT molecular complexity index is 1260. The van der Waals surface area contributed by atoms with E-state index in [0.717, 1.165) is 13.8 Å². The Labute approximate surface area is 273 Å². The van der Waals surface area contributed by atoms with Crippen LogP contribution in [-0.4, -0.2) is 89.6 Å². The molecule has 288 valence electrons. The van der Waals surface area contributed by atoms with Gasteiger partial charge in [-0.05, 0) is 39.5 Å². The second-order valence-electron chi connectivity index (χ2n) is 11.5. The van der Waals surface area contributed by atoms with Gasteiger partial charge in [0.25, 0.3) is 0 Å². The van der Waals surface area contributed by atoms with E-state index in [0.29, 0.717) is 13.8 Å². The number of halogens is 10. The summed E-state index contributed by atoms with van der Waals surface area (Å²) in [5.41, 5.74) is 0. The molecule has 0 heterocycles. The van der Waals surface area contributed by atoms with Gasteiger partial charge in [0.15, 0.2) is 9.49 Å². The largest absolute Gasteiger partial charge is 0.475 e. The van der Waals surface area contributed by atoms with Crippen LogP contribution in [0, 0.1) is 0 Å². The van der Waals surface area contributed by atoms with Gasteiger partial charge in [-0.25, -0.2) is 21.4 Å². The van der Waals surface area contributed by atoms with Crippen molar-refractivity contribution in [3.63, 3.8) is 0 Å². The maximum Gasteiger partial charge on any atom is 0.475 e. The van der Waals surface area contributed by atoms with Gasteiger partial charge in [0.05, 0.1) is 0 Å². The first kappa shape index (κ1) is 45.2. The van der Waals surface area contributed by atoms with Gasteiger partial charge in [0.2, 0.25) is 20.0 Å². The Hall–Kier alpha value is -0.810. The second kappa shape index (κ2) is 15.0. The monoisotopic (exact) mass is 785 g/mol. The Morgan fingerprint density at radius 1 is 0.646 bits per heavy atom. The lowest BCUT2D eigenvalue weighted by Crippen LogP contribution is -2.66. The van der Waals surface area contributed by atoms with Crippen LogP contribution in [0.2, 0.25) is 0 Å². The molecule has 2 atom stereocenters. The van der Waals surface area contributed by atoms with E-state index in [2.05, 4.69) is 0 Å². The van der Waals surface area contributed by atoms with Crippen LogP contribution in [0.1, 0.15) is 91.9 Å². The first-order valence-electron chi connectivity index (χ1n) is 14.7. The first-order chi connectivity index (χ1) is 21.1. The molecule has 2 aliphatic rings. The Kier molecular flexibility index (Phi) is 14.2. The molecule has 4 N–H and O–H groups in total. The van der Waals surface area contributed by atoms with Crippen molar-refractivity contribution in [3.05, 3.63) is 0 Å². The quantitative estimate of drug-likeness (QED) is 0.106. The summed E-state index contributed by atoms with van der Waals surface area (Å²) < 4.78 is 210. The molecule has 0 aromatic carbocycles. The number of alkyl halides is 10. The molecule has 2 aliphatic carbocycles. The summed E-state index contributed by atoms with van der Waals surface area (Å²) in [6, 6.07) is 0. The minimum Gasteiger partial charge on any atom is -0.344 e. The smallest absolute Gasteiger partial charge is 0.344 e. The molecule has 24 heteroatoms. The fraction of sp³-hybridized carbons (Fsp3) is 1.00. The molecule has 0 aliphatic heterocycles. The van der Waals surface area contributed by atoms with Crippen molar-refractivity contribution < 1.29 is 79.2 Å². The third-order valence-corrected chi connectivity index (χ3v) is 15.6. The molecular formula is C24H42F10N3O8PS2. The lowest BCUT2D eigenvalue weighted by molar-refractivity contribution is -0.299. The standard InChI is InChI=1S/C24H39F10N2O8PS2.H3N/c1-5-35(46(39,40)19(13-9-7-10-14-19)21(25,26)23(29,30)31)17(3)43-45(37,38)44-18(4)36(6-2)47(41,42)20(15-11-8-12-16-20)22(27,28)24(32,33)34;/h17-18H,5-16H2,1-4H3,(H,37,38);1H3. The predicted octanol–water partition coefficient (Wildman–Crippen LogP) is 7.08. The number of rotatable bonds is 14. The van der Waals surface area contributed by atoms with Gasteiger partial charge in [0.1, 0.15) is 12.5 Å². The predicted molar refractivity (Wildman–Crippen MR) is 152 cm³/mol. The topological polar surface area (TPSA) is 166 Å². The Balaban J connectivity index is 0.0000115. The van der Waals surface area contributed by atoms with Gasteiger partial charge in [-0.1, -0.05) is 52.4 Å². The summed E-state index contributed by atoms with van der Waals surface area (Å²) in [7, 11) is -17.2. The summed E-state index contributed by atoms with van der Waals surface area (Å²) in [5.74, 6) is -11.5. The highest BCUT2D eigenvalue weighted by molar-refractivity contribution is 7.91. The number of sulfonamides is 2. The molecular weight excluding hydrogens is 743 g/mol. The summed E-state index contributed by atoms with van der Waals surface area (Å²) in [5, 5.41) is 0. The fourth-order valence-corrected chi connectivity index (χ4v) is 12.5. The summed E-state index contributed by atoms with van der Waals surface area (Å²) in [6.45, 7) is 1.66. The molecule has 2 unspecified atom stereocenters. The van der Waals surface area contributed by atoms with Crippen molar-refractivity contribution in [2.45, 2.75) is 138 Å². The maximum atomic E-state index is 14.9. The van der Waals surface area contributed by atoms with Crippen molar-refractivity contribution in [2.75, 3.05) is 13.1 Å². The fourth-order valence-electron chi connectivity index (χ4n) is 6.44. The van der Waals surface area contributed by atoms with Crippen molar-refractivity contribution >= 4 is 27.9 Å². The van der Waals surface area contributed by atoms with E-state index in [4.69, 9.17) is 9.05 Å². The highest BCUT2D eigenvalue weighted by Gasteiger charge is 2.77. The average Bonchev–Trinajstić information content (AvgIpc) is 2.92. The number of nitrogens with zero attached hydrogens (tertiary/aromatic N) is 2. The molecule has 0 spiro atoms. The van der Waals surface area contributed by atoms with E-state index in [1.54, 1.807) is 0 Å². The van der Waals surface area contributed by atoms with Crippen LogP contribution in [0.4, 0.5) is 43.9 Å². The molecule has 0 saturated heterocycles. The van der Waals surface area contributed by atoms with E-state index in [1.165, 1.54) is 0 Å². The van der Waals surface area contributed by atoms with Gasteiger partial charge in [0, 0.05) is 13.1 Å². The maximum absolute atomic E-state index is 14.9. The highest BCUT2D eigenvalue weighted by atomic mass is 32.2. The van der Waals surface area contributed by atoms with Crippen LogP contribution >= 0.6 is 7.82 Å². The number of phosphoric ester groups is 1. The Morgan fingerprint density at radius 2 is 0.896 bits per heavy atom. The van der Waals surface area contributed by atoms with Crippen molar-refractivity contribution in [3.8, 4) is 0 Å². The SMILES string of the molecule is CCN(C(C)OP(=O)(O)OC(C)N(CC)S(=O)(=O)C1(C(F)(F)C(F)(F)F)CCCCC1)S(=O)(=O)C1(C(F)(F)C(F)(F)F)CCCCC1.N. The molecule has 0 bridgehead atoms. The van der Waals surface area contributed by atoms with Crippen LogP contribution in [0.25, 0.3) is 0 Å². The lowest BCUT2D eigenvalue weighted by atomic mass is 9.83. The molecule has 0 aromatic heterocycles. The van der Waals surface area contributed by atoms with E-state index in [9.17, 15) is 70.2 Å². The average molecular weight is 786 g/mol. The molecule has 11 nitrogen and oxygen atoms in total. The van der Waals surface area contributed by atoms with Crippen LogP contribution < -0.4 is 6.15 Å². The molecule has 2 rings (SSSR count). The number of hydrogen-bond acceptors (Lipinski definition) is 8. The highest BCUT2D eigenvalue weighted by Crippen LogP contribution is 2.57. The molecule has 2 fully saturated rings. The van der Waals surface area contributed by atoms with Crippen molar-refractivity contribution in [1.82, 2.24) is 14.8 Å². The number of phosphoric acid groups is 1. The zero-order valence-electron chi connectivity index (χ0n) is 26.6. The van der Waals surface area contributed by atoms with Gasteiger partial charge < -0.3 is 11.0 Å². The van der Waals surface area contributed by atoms with Crippen molar-refractivity contribution in [1.29, 1.82) is 0 Å². The van der Waals surface area contributed by atoms with E-state index >= 15 is 0 Å². The van der Waals surface area contributed by atoms with E-state index in [1.807, 2.05) is 0 Å². The van der Waals surface area contributed by atoms with Gasteiger partial charge >= 0.3 is 32.0 Å². The number of hydrogen-bond donors (Lipinski definition) is 2. The summed E-state index contributed by atoms with van der Waals surface area (Å²) in [4.78, 5) is 10.4. The third kappa shape index (κ3) is 7.68. The van der Waals surface area contributed by atoms with Gasteiger partial charge in [-0.15, -0.1) is 0 Å². The van der Waals surface area contributed by atoms with Crippen molar-refractivity contribution in [2.24, 2.45) is 0 Å². The van der Waals surface area contributed by atoms with E-state index < -0.39 is 113 Å². The zero-order chi connectivity index (χ0) is 36.7. The molecule has 0 aromatic rings. The van der Waals surface area contributed by atoms with Crippen LogP contribution in [0.15, 0.2) is 0 Å². The molecule has 48 heavy (non-hydrogen) atoms. The van der Waals surface area contributed by atoms with Crippen LogP contribution in [0.5, 0.6) is 0 Å². The first-order valence-corrected chi connectivity index (χ1v) is 19.1. The minimum atomic E-state index is -6.31. The molecule has 0 radical (unpaired) electrons. The third-order valence-electron chi connectivity index (χ3n) is 8.79. The lowest BCUT2D eigenvalue weighted by Gasteiger charge is -2.46. The Morgan fingerprint density at radius 3 is 1.10 bits per heavy atom. The van der Waals surface area contributed by atoms with Crippen LogP contribution in [0.3, 0.4) is 0 Å². The second-order valence-corrected chi connectivity index (χ2v) is 17.3. The van der Waals surface area contributed by atoms with Gasteiger partial charge in [-0.2, -0.15) is 52.5 Å². The minimum absolute atomic E-state index is 0. The summed E-state index contributed by atoms with van der Waals surface area (Å²) >= 11 is 0. The normalized spacial score (nSPS) is 22.5.